The van der Waals surface area contributed by atoms with Gasteiger partial charge in [0, 0.05) is 6.42 Å². The van der Waals surface area contributed by atoms with Crippen LogP contribution in [0.15, 0.2) is 0 Å². The number of hydrogen-bond donors (Lipinski definition) is 5. The summed E-state index contributed by atoms with van der Waals surface area (Å²) in [6, 6.07) is 0. The van der Waals surface area contributed by atoms with Gasteiger partial charge in [-0.3, -0.25) is 9.32 Å². The quantitative estimate of drug-likeness (QED) is 0.253. The van der Waals surface area contributed by atoms with E-state index in [0.29, 0.717) is 0 Å². The molecule has 16 heavy (non-hydrogen) atoms. The average molecular weight is 258 g/mol. The molecule has 0 bridgehead atoms. The van der Waals surface area contributed by atoms with Crippen LogP contribution in [-0.2, 0) is 18.7 Å². The van der Waals surface area contributed by atoms with E-state index in [4.69, 9.17) is 25.1 Å². The number of hydrogen-bond acceptors (Lipinski definition) is 6. The lowest BCUT2D eigenvalue weighted by Crippen LogP contribution is -2.33. The maximum Gasteiger partial charge on any atom is 0.469 e. The van der Waals surface area contributed by atoms with Gasteiger partial charge in [0.2, 0.25) is 5.78 Å². The number of carboxylic acid groups (broad SMARTS) is 1. The van der Waals surface area contributed by atoms with Gasteiger partial charge in [0.05, 0.1) is 12.7 Å². The van der Waals surface area contributed by atoms with E-state index in [2.05, 4.69) is 4.52 Å². The van der Waals surface area contributed by atoms with E-state index >= 15 is 0 Å². The Balaban J connectivity index is 4.09. The topological polar surface area (TPSA) is 162 Å². The number of ketones is 1. The first kappa shape index (κ1) is 15.2. The number of Topliss-reactive ketones (excluding diaryl/α,β-unsaturated/α-hetero) is 1. The number of phosphoric ester groups is 1. The van der Waals surface area contributed by atoms with Gasteiger partial charge in [0.15, 0.2) is 0 Å². The first-order valence-electron chi connectivity index (χ1n) is 3.96. The van der Waals surface area contributed by atoms with Crippen molar-refractivity contribution in [3.8, 4) is 0 Å². The third-order valence-corrected chi connectivity index (χ3v) is 1.98. The highest BCUT2D eigenvalue weighted by Crippen LogP contribution is 2.35. The van der Waals surface area contributed by atoms with Crippen LogP contribution in [-0.4, -0.2) is 55.7 Å². The van der Waals surface area contributed by atoms with E-state index in [1.54, 1.807) is 0 Å². The minimum absolute atomic E-state index is 0.874. The fourth-order valence-corrected chi connectivity index (χ4v) is 1.04. The van der Waals surface area contributed by atoms with E-state index in [9.17, 15) is 14.2 Å². The molecule has 0 aliphatic heterocycles. The van der Waals surface area contributed by atoms with Gasteiger partial charge < -0.3 is 25.1 Å². The van der Waals surface area contributed by atoms with Crippen molar-refractivity contribution in [1.29, 1.82) is 0 Å². The number of carboxylic acids is 1. The Labute approximate surface area is 89.5 Å². The van der Waals surface area contributed by atoms with Crippen LogP contribution < -0.4 is 0 Å². The van der Waals surface area contributed by atoms with Crippen LogP contribution >= 0.6 is 7.82 Å². The molecular formula is C6H11O9P. The van der Waals surface area contributed by atoms with Gasteiger partial charge in [-0.25, -0.2) is 9.36 Å². The molecule has 0 radical (unpaired) electrons. The predicted octanol–water partition coefficient (Wildman–Crippen LogP) is -2.14. The van der Waals surface area contributed by atoms with Crippen LogP contribution in [0.25, 0.3) is 0 Å². The van der Waals surface area contributed by atoms with Crippen molar-refractivity contribution in [1.82, 2.24) is 0 Å². The van der Waals surface area contributed by atoms with Crippen molar-refractivity contribution < 1.29 is 43.8 Å². The molecule has 5 N–H and O–H groups in total. The summed E-state index contributed by atoms with van der Waals surface area (Å²) < 4.78 is 14.1. The summed E-state index contributed by atoms with van der Waals surface area (Å²) >= 11 is 0. The molecule has 0 aliphatic rings. The molecule has 9 nitrogen and oxygen atoms in total. The number of aliphatic carboxylic acids is 1. The van der Waals surface area contributed by atoms with E-state index in [1.807, 2.05) is 0 Å². The Bertz CT molecular complexity index is 307. The van der Waals surface area contributed by atoms with Gasteiger partial charge >= 0.3 is 13.8 Å². The monoisotopic (exact) mass is 258 g/mol. The Morgan fingerprint density at radius 2 is 1.69 bits per heavy atom. The zero-order chi connectivity index (χ0) is 12.9. The van der Waals surface area contributed by atoms with Crippen LogP contribution in [0.5, 0.6) is 0 Å². The molecule has 0 aliphatic carbocycles. The fourth-order valence-electron chi connectivity index (χ4n) is 0.698. The highest BCUT2D eigenvalue weighted by molar-refractivity contribution is 7.46. The van der Waals surface area contributed by atoms with E-state index in [1.165, 1.54) is 0 Å². The number of rotatable bonds is 7. The largest absolute Gasteiger partial charge is 0.475 e. The fraction of sp³-hybridized carbons (Fsp3) is 0.667. The van der Waals surface area contributed by atoms with E-state index in [0.717, 1.165) is 0 Å². The van der Waals surface area contributed by atoms with Crippen LogP contribution in [0.1, 0.15) is 6.42 Å². The van der Waals surface area contributed by atoms with Crippen molar-refractivity contribution in [2.24, 2.45) is 0 Å². The molecule has 0 saturated carbocycles. The van der Waals surface area contributed by atoms with Crippen LogP contribution in [0.4, 0.5) is 0 Å². The second-order valence-corrected chi connectivity index (χ2v) is 4.09. The minimum Gasteiger partial charge on any atom is -0.475 e. The van der Waals surface area contributed by atoms with E-state index < -0.39 is 44.8 Å². The molecule has 2 atom stereocenters. The smallest absolute Gasteiger partial charge is 0.469 e. The third-order valence-electron chi connectivity index (χ3n) is 1.49. The second-order valence-electron chi connectivity index (χ2n) is 2.85. The SMILES string of the molecule is O=C(O)C(=O)C[C@@H](O)[C@H](O)COP(=O)(O)O. The van der Waals surface area contributed by atoms with Crippen molar-refractivity contribution in [3.05, 3.63) is 0 Å². The zero-order valence-corrected chi connectivity index (χ0v) is 8.78. The summed E-state index contributed by atoms with van der Waals surface area (Å²) in [5.41, 5.74) is 0. The lowest BCUT2D eigenvalue weighted by molar-refractivity contribution is -0.150. The number of carbonyl (C=O) groups excluding carboxylic acids is 1. The lowest BCUT2D eigenvalue weighted by atomic mass is 10.1. The Morgan fingerprint density at radius 3 is 2.06 bits per heavy atom. The van der Waals surface area contributed by atoms with Crippen LogP contribution in [0, 0.1) is 0 Å². The second kappa shape index (κ2) is 6.04. The van der Waals surface area contributed by atoms with Gasteiger partial charge in [-0.2, -0.15) is 0 Å². The summed E-state index contributed by atoms with van der Waals surface area (Å²) in [6.45, 7) is -0.918. The molecule has 0 spiro atoms. The Hall–Kier alpha value is -0.830. The van der Waals surface area contributed by atoms with E-state index in [-0.39, 0.29) is 0 Å². The molecule has 0 saturated heterocycles. The minimum atomic E-state index is -4.78. The maximum atomic E-state index is 10.6. The number of carbonyl (C=O) groups is 2. The predicted molar refractivity (Wildman–Crippen MR) is 47.3 cm³/mol. The molecule has 0 amide bonds. The number of phosphoric acid groups is 1. The van der Waals surface area contributed by atoms with Crippen molar-refractivity contribution >= 4 is 19.6 Å². The summed E-state index contributed by atoms with van der Waals surface area (Å²) in [5.74, 6) is -3.11. The average Bonchev–Trinajstić information content (AvgIpc) is 2.12. The Kier molecular flexibility index (Phi) is 5.73. The lowest BCUT2D eigenvalue weighted by Gasteiger charge is -2.16. The molecule has 0 heterocycles. The van der Waals surface area contributed by atoms with Gasteiger partial charge in [-0.15, -0.1) is 0 Å². The van der Waals surface area contributed by atoms with Gasteiger partial charge in [0.1, 0.15) is 6.10 Å². The maximum absolute atomic E-state index is 10.6. The van der Waals surface area contributed by atoms with Gasteiger partial charge in [0.25, 0.3) is 0 Å². The molecule has 94 valence electrons. The normalized spacial score (nSPS) is 15.5. The highest BCUT2D eigenvalue weighted by Gasteiger charge is 2.26. The molecule has 0 aromatic heterocycles. The summed E-state index contributed by atoms with van der Waals surface area (Å²) in [7, 11) is -4.78. The zero-order valence-electron chi connectivity index (χ0n) is 7.89. The van der Waals surface area contributed by atoms with Crippen molar-refractivity contribution in [2.45, 2.75) is 18.6 Å². The standard InChI is InChI=1S/C6H11O9P/c7-3(1-4(8)6(10)11)5(9)2-15-16(12,13)14/h3,5,7,9H,1-2H2,(H,10,11)(H2,12,13,14)/t3-,5-/m1/s1. The summed E-state index contributed by atoms with van der Waals surface area (Å²) in [6.07, 6.45) is -4.41. The first-order valence-corrected chi connectivity index (χ1v) is 5.49. The number of aliphatic hydroxyl groups is 2. The molecular weight excluding hydrogens is 247 g/mol. The highest BCUT2D eigenvalue weighted by atomic mass is 31.2. The number of aliphatic hydroxyl groups excluding tert-OH is 2. The molecule has 0 aromatic carbocycles. The molecule has 0 aromatic rings. The molecule has 0 unspecified atom stereocenters. The van der Waals surface area contributed by atoms with Gasteiger partial charge in [-0.05, 0) is 0 Å². The van der Waals surface area contributed by atoms with Gasteiger partial charge in [-0.1, -0.05) is 0 Å². The van der Waals surface area contributed by atoms with Crippen molar-refractivity contribution in [2.75, 3.05) is 6.61 Å². The molecule has 0 fully saturated rings. The summed E-state index contributed by atoms with van der Waals surface area (Å²) in [4.78, 5) is 37.2. The first-order chi connectivity index (χ1) is 7.13. The van der Waals surface area contributed by atoms with Crippen LogP contribution in [0.3, 0.4) is 0 Å². The molecule has 0 rings (SSSR count). The molecule has 10 heteroatoms. The van der Waals surface area contributed by atoms with Crippen molar-refractivity contribution in [3.63, 3.8) is 0 Å². The third kappa shape index (κ3) is 6.62. The Morgan fingerprint density at radius 1 is 1.19 bits per heavy atom. The summed E-state index contributed by atoms with van der Waals surface area (Å²) in [5, 5.41) is 26.3. The van der Waals surface area contributed by atoms with Crippen LogP contribution in [0.2, 0.25) is 0 Å².